The van der Waals surface area contributed by atoms with Gasteiger partial charge >= 0.3 is 0 Å². The van der Waals surface area contributed by atoms with Gasteiger partial charge in [0, 0.05) is 68.2 Å². The normalized spacial score (nSPS) is 11.6. The Balaban J connectivity index is 1.03. The first kappa shape index (κ1) is 31.8. The summed E-state index contributed by atoms with van der Waals surface area (Å²) in [6, 6.07) is 65.7. The van der Waals surface area contributed by atoms with Gasteiger partial charge < -0.3 is 9.13 Å². The predicted octanol–water partition coefficient (Wildman–Crippen LogP) is 11.3. The second-order valence-corrected chi connectivity index (χ2v) is 14.0. The fourth-order valence-electron chi connectivity index (χ4n) is 8.05. The van der Waals surface area contributed by atoms with Crippen LogP contribution in [0.15, 0.2) is 200 Å². The van der Waals surface area contributed by atoms with E-state index in [1.807, 2.05) is 60.7 Å². The number of rotatable bonds is 6. The fraction of sp³-hybridized carbons (Fsp3) is 0. The monoisotopic (exact) mass is 717 g/mol. The van der Waals surface area contributed by atoms with Crippen LogP contribution in [0.4, 0.5) is 0 Å². The molecule has 0 unspecified atom stereocenters. The van der Waals surface area contributed by atoms with Crippen LogP contribution in [0.2, 0.25) is 0 Å². The topological polar surface area (TPSA) is 52.4 Å². The standard InChI is InChI=1S/C50H33N6/c1-4-15-34(16-5-1)48-51-49(35-17-6-2-7-18-35)53-50(52-48)36-19-14-22-39(31-36)54-29-27-38(28-30-54)56-45-26-13-11-24-41(45)43-32-42-40-23-10-12-25-44(40)55(46(42)33-47(43)56)37-20-8-3-9-21-37/h1-33H/q+1. The molecule has 262 valence electrons. The third-order valence-electron chi connectivity index (χ3n) is 10.7. The molecule has 7 aromatic carbocycles. The Morgan fingerprint density at radius 3 is 1.32 bits per heavy atom. The average Bonchev–Trinajstić information content (AvgIpc) is 3.78. The zero-order valence-corrected chi connectivity index (χ0v) is 30.2. The molecule has 0 aliphatic rings. The van der Waals surface area contributed by atoms with E-state index in [9.17, 15) is 0 Å². The average molecular weight is 718 g/mol. The smallest absolute Gasteiger partial charge is 0.211 e. The lowest BCUT2D eigenvalue weighted by Gasteiger charge is -2.10. The number of hydrogen-bond acceptors (Lipinski definition) is 3. The lowest BCUT2D eigenvalue weighted by molar-refractivity contribution is -0.595. The van der Waals surface area contributed by atoms with Crippen LogP contribution in [-0.2, 0) is 0 Å². The Hall–Kier alpha value is -7.70. The van der Waals surface area contributed by atoms with Gasteiger partial charge in [-0.1, -0.05) is 127 Å². The van der Waals surface area contributed by atoms with Gasteiger partial charge in [0.2, 0.25) is 5.69 Å². The zero-order valence-electron chi connectivity index (χ0n) is 30.2. The number of pyridine rings is 1. The van der Waals surface area contributed by atoms with E-state index >= 15 is 0 Å². The van der Waals surface area contributed by atoms with Gasteiger partial charge in [0.15, 0.2) is 29.9 Å². The molecule has 0 saturated carbocycles. The molecule has 4 aromatic heterocycles. The van der Waals surface area contributed by atoms with Crippen molar-refractivity contribution in [1.29, 1.82) is 0 Å². The summed E-state index contributed by atoms with van der Waals surface area (Å²) >= 11 is 0. The molecule has 11 aromatic rings. The summed E-state index contributed by atoms with van der Waals surface area (Å²) < 4.78 is 6.92. The van der Waals surface area contributed by atoms with Crippen molar-refractivity contribution < 1.29 is 4.57 Å². The summed E-state index contributed by atoms with van der Waals surface area (Å²) in [6.45, 7) is 0. The van der Waals surface area contributed by atoms with Crippen LogP contribution in [0.5, 0.6) is 0 Å². The molecule has 0 bridgehead atoms. The van der Waals surface area contributed by atoms with Crippen molar-refractivity contribution in [2.24, 2.45) is 0 Å². The van der Waals surface area contributed by atoms with E-state index in [1.165, 1.54) is 38.1 Å². The molecule has 0 aliphatic carbocycles. The van der Waals surface area contributed by atoms with Crippen LogP contribution in [0.3, 0.4) is 0 Å². The number of benzene rings is 7. The molecular formula is C50H33N6+. The van der Waals surface area contributed by atoms with Crippen LogP contribution < -0.4 is 4.57 Å². The molecule has 0 saturated heterocycles. The van der Waals surface area contributed by atoms with Crippen LogP contribution in [0, 0.1) is 0 Å². The van der Waals surface area contributed by atoms with Crippen LogP contribution in [0.25, 0.3) is 94.8 Å². The molecule has 11 rings (SSSR count). The van der Waals surface area contributed by atoms with Crippen molar-refractivity contribution in [3.63, 3.8) is 0 Å². The Kier molecular flexibility index (Phi) is 7.38. The minimum atomic E-state index is 0.626. The quantitative estimate of drug-likeness (QED) is 0.161. The van der Waals surface area contributed by atoms with E-state index in [4.69, 9.17) is 15.0 Å². The van der Waals surface area contributed by atoms with Gasteiger partial charge in [-0.05, 0) is 36.4 Å². The largest absolute Gasteiger partial charge is 0.309 e. The molecule has 0 spiro atoms. The molecule has 0 amide bonds. The number of nitrogens with zero attached hydrogens (tertiary/aromatic N) is 6. The van der Waals surface area contributed by atoms with E-state index in [0.29, 0.717) is 17.5 Å². The molecule has 4 heterocycles. The maximum Gasteiger partial charge on any atom is 0.211 e. The van der Waals surface area contributed by atoms with Crippen molar-refractivity contribution in [2.75, 3.05) is 0 Å². The molecule has 56 heavy (non-hydrogen) atoms. The number of para-hydroxylation sites is 3. The van der Waals surface area contributed by atoms with Crippen LogP contribution in [-0.4, -0.2) is 24.1 Å². The first-order valence-electron chi connectivity index (χ1n) is 18.8. The van der Waals surface area contributed by atoms with E-state index in [-0.39, 0.29) is 0 Å². The maximum atomic E-state index is 4.96. The number of aromatic nitrogens is 6. The highest BCUT2D eigenvalue weighted by Crippen LogP contribution is 2.39. The Labute approximate surface area is 322 Å². The van der Waals surface area contributed by atoms with Crippen molar-refractivity contribution in [3.8, 4) is 51.2 Å². The van der Waals surface area contributed by atoms with Gasteiger partial charge in [-0.25, -0.2) is 15.0 Å². The second kappa shape index (κ2) is 13.0. The summed E-state index contributed by atoms with van der Waals surface area (Å²) in [5.74, 6) is 1.91. The van der Waals surface area contributed by atoms with Crippen molar-refractivity contribution in [3.05, 3.63) is 200 Å². The lowest BCUT2D eigenvalue weighted by Crippen LogP contribution is -2.29. The second-order valence-electron chi connectivity index (χ2n) is 14.0. The van der Waals surface area contributed by atoms with Gasteiger partial charge in [0.1, 0.15) is 0 Å². The SMILES string of the molecule is c1ccc(-c2nc(-c3ccccc3)nc(-c3cccc(-[n+]4ccc(-n5c6ccccc6c6cc7c8ccccc8n(-c8ccccc8)c7cc65)cc4)c3)n2)cc1. The first-order chi connectivity index (χ1) is 27.8. The summed E-state index contributed by atoms with van der Waals surface area (Å²) in [7, 11) is 0. The minimum Gasteiger partial charge on any atom is -0.309 e. The van der Waals surface area contributed by atoms with Crippen molar-refractivity contribution in [1.82, 2.24) is 24.1 Å². The fourth-order valence-corrected chi connectivity index (χ4v) is 8.05. The van der Waals surface area contributed by atoms with Crippen LogP contribution in [0.1, 0.15) is 0 Å². The molecular weight excluding hydrogens is 685 g/mol. The molecule has 0 atom stereocenters. The van der Waals surface area contributed by atoms with Gasteiger partial charge in [0.25, 0.3) is 0 Å². The number of hydrogen-bond donors (Lipinski definition) is 0. The molecule has 6 nitrogen and oxygen atoms in total. The van der Waals surface area contributed by atoms with Crippen molar-refractivity contribution >= 4 is 43.6 Å². The Morgan fingerprint density at radius 1 is 0.321 bits per heavy atom. The van der Waals surface area contributed by atoms with E-state index in [1.54, 1.807) is 0 Å². The molecule has 0 N–H and O–H groups in total. The minimum absolute atomic E-state index is 0.626. The zero-order chi connectivity index (χ0) is 37.0. The van der Waals surface area contributed by atoms with Crippen molar-refractivity contribution in [2.45, 2.75) is 0 Å². The van der Waals surface area contributed by atoms with Gasteiger partial charge in [0.05, 0.1) is 27.8 Å². The Morgan fingerprint density at radius 2 is 0.768 bits per heavy atom. The third-order valence-corrected chi connectivity index (χ3v) is 10.7. The van der Waals surface area contributed by atoms with E-state index < -0.39 is 0 Å². The first-order valence-corrected chi connectivity index (χ1v) is 18.8. The third kappa shape index (κ3) is 5.27. The molecule has 0 fully saturated rings. The highest BCUT2D eigenvalue weighted by Gasteiger charge is 2.20. The summed E-state index contributed by atoms with van der Waals surface area (Å²) in [5.41, 5.74) is 10.8. The summed E-state index contributed by atoms with van der Waals surface area (Å²) in [5, 5.41) is 4.96. The Bertz CT molecular complexity index is 3160. The summed E-state index contributed by atoms with van der Waals surface area (Å²) in [4.78, 5) is 14.8. The predicted molar refractivity (Wildman–Crippen MR) is 226 cm³/mol. The maximum absolute atomic E-state index is 4.96. The van der Waals surface area contributed by atoms with E-state index in [0.717, 1.165) is 39.3 Å². The van der Waals surface area contributed by atoms with Crippen LogP contribution >= 0.6 is 0 Å². The summed E-state index contributed by atoms with van der Waals surface area (Å²) in [6.07, 6.45) is 4.26. The van der Waals surface area contributed by atoms with E-state index in [2.05, 4.69) is 153 Å². The molecule has 0 radical (unpaired) electrons. The highest BCUT2D eigenvalue weighted by molar-refractivity contribution is 6.19. The highest BCUT2D eigenvalue weighted by atomic mass is 15.0. The molecule has 0 aliphatic heterocycles. The van der Waals surface area contributed by atoms with Gasteiger partial charge in [-0.2, -0.15) is 4.57 Å². The van der Waals surface area contributed by atoms with Gasteiger partial charge in [-0.3, -0.25) is 0 Å². The van der Waals surface area contributed by atoms with Gasteiger partial charge in [-0.15, -0.1) is 0 Å². The number of fused-ring (bicyclic) bond motifs is 6. The molecule has 6 heteroatoms. The lowest BCUT2D eigenvalue weighted by atomic mass is 10.1.